The highest BCUT2D eigenvalue weighted by Crippen LogP contribution is 2.75. The second kappa shape index (κ2) is 7.12. The number of hydrogen-bond donors (Lipinski definition) is 3. The zero-order chi connectivity index (χ0) is 25.1. The summed E-state index contributed by atoms with van der Waals surface area (Å²) >= 11 is 0. The second-order valence-electron chi connectivity index (χ2n) is 15.1. The summed E-state index contributed by atoms with van der Waals surface area (Å²) in [5.41, 5.74) is 1.02. The molecule has 0 spiro atoms. The Labute approximate surface area is 206 Å². The molecule has 0 amide bonds. The first kappa shape index (κ1) is 24.8. The van der Waals surface area contributed by atoms with Gasteiger partial charge in [-0.25, -0.2) is 0 Å². The molecule has 0 aromatic heterocycles. The van der Waals surface area contributed by atoms with Crippen molar-refractivity contribution >= 4 is 5.97 Å². The van der Waals surface area contributed by atoms with Crippen molar-refractivity contribution < 1.29 is 20.1 Å². The molecule has 0 saturated heterocycles. The fourth-order valence-corrected chi connectivity index (χ4v) is 10.7. The molecule has 0 aromatic carbocycles. The molecular formula is C30H48O4. The van der Waals surface area contributed by atoms with E-state index in [4.69, 9.17) is 0 Å². The molecule has 5 rings (SSSR count). The van der Waals surface area contributed by atoms with Gasteiger partial charge < -0.3 is 15.3 Å². The highest BCUT2D eigenvalue weighted by molar-refractivity contribution is 5.74. The van der Waals surface area contributed by atoms with Crippen molar-refractivity contribution in [3.8, 4) is 0 Å². The van der Waals surface area contributed by atoms with E-state index < -0.39 is 23.6 Å². The predicted molar refractivity (Wildman–Crippen MR) is 134 cm³/mol. The number of allylic oxidation sites excluding steroid dienone is 2. The van der Waals surface area contributed by atoms with E-state index in [9.17, 15) is 20.1 Å². The zero-order valence-corrected chi connectivity index (χ0v) is 22.6. The standard InChI is InChI=1S/C30H48O4/c1-25(2)21-10-11-30(7)22(28(21,5)17-20(31)23(25)32)9-8-18-19-16-27(4,24(33)34)13-12-26(19,3)14-15-29(18,30)6/h8,19-23,31-32H,9-17H2,1-7H3,(H,33,34)/t19?,20-,21+,22-,23+,26-,27-,28+,29-,30-/m1/s1. The summed E-state index contributed by atoms with van der Waals surface area (Å²) in [7, 11) is 0. The maximum Gasteiger partial charge on any atom is 0.309 e. The monoisotopic (exact) mass is 472 g/mol. The van der Waals surface area contributed by atoms with Gasteiger partial charge in [0.25, 0.3) is 0 Å². The Kier molecular flexibility index (Phi) is 5.20. The van der Waals surface area contributed by atoms with Crippen LogP contribution < -0.4 is 0 Å². The topological polar surface area (TPSA) is 77.8 Å². The van der Waals surface area contributed by atoms with Crippen molar-refractivity contribution in [2.75, 3.05) is 0 Å². The third kappa shape index (κ3) is 2.88. The van der Waals surface area contributed by atoms with Crippen LogP contribution in [0.2, 0.25) is 0 Å². The van der Waals surface area contributed by atoms with Gasteiger partial charge in [-0.3, -0.25) is 4.79 Å². The smallest absolute Gasteiger partial charge is 0.309 e. The molecule has 4 nitrogen and oxygen atoms in total. The van der Waals surface area contributed by atoms with E-state index in [0.717, 1.165) is 38.5 Å². The van der Waals surface area contributed by atoms with Gasteiger partial charge in [-0.05, 0) is 110 Å². The third-order valence-electron chi connectivity index (χ3n) is 13.3. The van der Waals surface area contributed by atoms with Crippen LogP contribution in [0.25, 0.3) is 0 Å². The Balaban J connectivity index is 1.58. The van der Waals surface area contributed by atoms with E-state index in [0.29, 0.717) is 24.2 Å². The van der Waals surface area contributed by atoms with Gasteiger partial charge in [0, 0.05) is 0 Å². The molecule has 4 heteroatoms. The minimum atomic E-state index is -0.666. The van der Waals surface area contributed by atoms with Gasteiger partial charge in [0.1, 0.15) is 0 Å². The zero-order valence-electron chi connectivity index (χ0n) is 22.6. The molecule has 0 heterocycles. The van der Waals surface area contributed by atoms with Crippen molar-refractivity contribution in [1.82, 2.24) is 0 Å². The largest absolute Gasteiger partial charge is 0.481 e. The maximum atomic E-state index is 12.2. The van der Waals surface area contributed by atoms with Crippen LogP contribution in [-0.2, 0) is 4.79 Å². The number of hydrogen-bond acceptors (Lipinski definition) is 3. The van der Waals surface area contributed by atoms with Crippen molar-refractivity contribution in [3.63, 3.8) is 0 Å². The molecule has 192 valence electrons. The Hall–Kier alpha value is -0.870. The first-order valence-electron chi connectivity index (χ1n) is 13.9. The molecule has 0 bridgehead atoms. The minimum absolute atomic E-state index is 0.0108. The Bertz CT molecular complexity index is 923. The van der Waals surface area contributed by atoms with Gasteiger partial charge in [0.05, 0.1) is 17.6 Å². The van der Waals surface area contributed by atoms with Crippen molar-refractivity contribution in [1.29, 1.82) is 0 Å². The van der Waals surface area contributed by atoms with E-state index in [1.165, 1.54) is 12.8 Å². The average Bonchev–Trinajstić information content (AvgIpc) is 2.74. The SMILES string of the molecule is CC1(C)[C@@H](O)[C@H](O)C[C@]2(C)[C@H]3CC=C4C5C[C@](C)(C(=O)O)CC[C@]5(C)CC[C@@]4(C)[C@]3(C)CC[C@@H]12. The molecular weight excluding hydrogens is 424 g/mol. The van der Waals surface area contributed by atoms with E-state index in [1.807, 2.05) is 6.92 Å². The lowest BCUT2D eigenvalue weighted by Gasteiger charge is -2.71. The number of carboxylic acid groups (broad SMARTS) is 1. The Morgan fingerprint density at radius 1 is 0.882 bits per heavy atom. The van der Waals surface area contributed by atoms with Crippen LogP contribution in [0.5, 0.6) is 0 Å². The van der Waals surface area contributed by atoms with Gasteiger partial charge in [0.15, 0.2) is 0 Å². The second-order valence-corrected chi connectivity index (χ2v) is 15.1. The number of carbonyl (C=O) groups is 1. The summed E-state index contributed by atoms with van der Waals surface area (Å²) in [5.74, 6) is 0.577. The highest BCUT2D eigenvalue weighted by atomic mass is 16.4. The van der Waals surface area contributed by atoms with Gasteiger partial charge in [-0.1, -0.05) is 53.2 Å². The molecule has 1 unspecified atom stereocenters. The number of aliphatic hydroxyl groups is 2. The molecule has 0 radical (unpaired) electrons. The molecule has 34 heavy (non-hydrogen) atoms. The van der Waals surface area contributed by atoms with Crippen molar-refractivity contribution in [2.45, 2.75) is 118 Å². The van der Waals surface area contributed by atoms with Gasteiger partial charge >= 0.3 is 5.97 Å². The van der Waals surface area contributed by atoms with Crippen molar-refractivity contribution in [2.24, 2.45) is 50.2 Å². The minimum Gasteiger partial charge on any atom is -0.481 e. The predicted octanol–water partition coefficient (Wildman–Crippen LogP) is 6.20. The average molecular weight is 473 g/mol. The molecule has 4 saturated carbocycles. The summed E-state index contributed by atoms with van der Waals surface area (Å²) < 4.78 is 0. The fourth-order valence-electron chi connectivity index (χ4n) is 10.7. The molecule has 0 aliphatic heterocycles. The van der Waals surface area contributed by atoms with Crippen LogP contribution in [0.3, 0.4) is 0 Å². The summed E-state index contributed by atoms with van der Waals surface area (Å²) in [5, 5.41) is 31.9. The van der Waals surface area contributed by atoms with E-state index in [2.05, 4.69) is 47.6 Å². The molecule has 5 aliphatic rings. The van der Waals surface area contributed by atoms with Crippen LogP contribution in [0, 0.1) is 50.2 Å². The number of fused-ring (bicyclic) bond motifs is 7. The molecule has 3 N–H and O–H groups in total. The summed E-state index contributed by atoms with van der Waals surface area (Å²) in [4.78, 5) is 12.2. The fraction of sp³-hybridized carbons (Fsp3) is 0.900. The first-order valence-corrected chi connectivity index (χ1v) is 13.9. The number of carboxylic acids is 1. The van der Waals surface area contributed by atoms with E-state index >= 15 is 0 Å². The van der Waals surface area contributed by atoms with E-state index in [-0.39, 0.29) is 27.1 Å². The van der Waals surface area contributed by atoms with Crippen LogP contribution in [0.1, 0.15) is 106 Å². The Morgan fingerprint density at radius 2 is 1.53 bits per heavy atom. The third-order valence-corrected chi connectivity index (χ3v) is 13.3. The number of aliphatic carboxylic acids is 1. The normalized spacial score (nSPS) is 56.3. The molecule has 10 atom stereocenters. The van der Waals surface area contributed by atoms with Crippen LogP contribution in [0.15, 0.2) is 11.6 Å². The lowest BCUT2D eigenvalue weighted by Crippen LogP contribution is -2.66. The molecule has 0 aromatic rings. The molecule has 5 aliphatic carbocycles. The number of aliphatic hydroxyl groups excluding tert-OH is 2. The van der Waals surface area contributed by atoms with Crippen LogP contribution >= 0.6 is 0 Å². The summed E-state index contributed by atoms with van der Waals surface area (Å²) in [6.45, 7) is 16.2. The number of rotatable bonds is 1. The molecule has 4 fully saturated rings. The van der Waals surface area contributed by atoms with Gasteiger partial charge in [-0.2, -0.15) is 0 Å². The van der Waals surface area contributed by atoms with Crippen molar-refractivity contribution in [3.05, 3.63) is 11.6 Å². The van der Waals surface area contributed by atoms with Crippen LogP contribution in [-0.4, -0.2) is 33.5 Å². The van der Waals surface area contributed by atoms with Gasteiger partial charge in [-0.15, -0.1) is 0 Å². The maximum absolute atomic E-state index is 12.2. The van der Waals surface area contributed by atoms with E-state index in [1.54, 1.807) is 5.57 Å². The summed E-state index contributed by atoms with van der Waals surface area (Å²) in [6.07, 6.45) is 10.1. The quantitative estimate of drug-likeness (QED) is 0.397. The Morgan fingerprint density at radius 3 is 2.18 bits per heavy atom. The summed E-state index contributed by atoms with van der Waals surface area (Å²) in [6, 6.07) is 0. The van der Waals surface area contributed by atoms with Crippen LogP contribution in [0.4, 0.5) is 0 Å². The highest BCUT2D eigenvalue weighted by Gasteiger charge is 2.69. The lowest BCUT2D eigenvalue weighted by atomic mass is 9.33. The lowest BCUT2D eigenvalue weighted by molar-refractivity contribution is -0.231. The first-order chi connectivity index (χ1) is 15.6. The van der Waals surface area contributed by atoms with Gasteiger partial charge in [0.2, 0.25) is 0 Å².